The van der Waals surface area contributed by atoms with E-state index in [0.717, 1.165) is 13.1 Å². The molecule has 0 amide bonds. The van der Waals surface area contributed by atoms with Gasteiger partial charge in [0.1, 0.15) is 0 Å². The Morgan fingerprint density at radius 2 is 2.24 bits per heavy atom. The number of pyridine rings is 1. The SMILES string of the molecule is COc1cc(CNCc2sccc2C)ccn1. The van der Waals surface area contributed by atoms with Crippen LogP contribution >= 0.6 is 11.3 Å². The third-order valence-corrected chi connectivity index (χ3v) is 3.61. The number of aromatic nitrogens is 1. The lowest BCUT2D eigenvalue weighted by Gasteiger charge is -2.05. The first-order chi connectivity index (χ1) is 8.29. The molecule has 0 spiro atoms. The van der Waals surface area contributed by atoms with Gasteiger partial charge in [-0.15, -0.1) is 11.3 Å². The maximum absolute atomic E-state index is 5.09. The first-order valence-electron chi connectivity index (χ1n) is 5.52. The summed E-state index contributed by atoms with van der Waals surface area (Å²) in [6, 6.07) is 6.10. The summed E-state index contributed by atoms with van der Waals surface area (Å²) >= 11 is 1.79. The molecule has 1 N–H and O–H groups in total. The van der Waals surface area contributed by atoms with Gasteiger partial charge in [0.2, 0.25) is 5.88 Å². The van der Waals surface area contributed by atoms with Crippen LogP contribution in [0, 0.1) is 6.92 Å². The Morgan fingerprint density at radius 1 is 1.35 bits per heavy atom. The number of nitrogens with one attached hydrogen (secondary N) is 1. The van der Waals surface area contributed by atoms with Crippen LogP contribution in [0.25, 0.3) is 0 Å². The van der Waals surface area contributed by atoms with Crippen molar-refractivity contribution in [2.45, 2.75) is 20.0 Å². The molecule has 2 rings (SSSR count). The number of aryl methyl sites for hydroxylation is 1. The quantitative estimate of drug-likeness (QED) is 0.883. The molecule has 90 valence electrons. The van der Waals surface area contributed by atoms with E-state index in [-0.39, 0.29) is 0 Å². The minimum atomic E-state index is 0.664. The second-order valence-corrected chi connectivity index (χ2v) is 4.84. The Morgan fingerprint density at radius 3 is 2.94 bits per heavy atom. The highest BCUT2D eigenvalue weighted by Gasteiger charge is 2.00. The molecular weight excluding hydrogens is 232 g/mol. The van der Waals surface area contributed by atoms with Crippen LogP contribution in [0.1, 0.15) is 16.0 Å². The molecule has 0 aliphatic rings. The first-order valence-corrected chi connectivity index (χ1v) is 6.40. The summed E-state index contributed by atoms with van der Waals surface area (Å²) in [6.07, 6.45) is 1.77. The topological polar surface area (TPSA) is 34.1 Å². The predicted molar refractivity (Wildman–Crippen MR) is 70.4 cm³/mol. The molecule has 17 heavy (non-hydrogen) atoms. The van der Waals surface area contributed by atoms with E-state index in [1.54, 1.807) is 24.6 Å². The third kappa shape index (κ3) is 3.28. The first kappa shape index (κ1) is 12.1. The fourth-order valence-corrected chi connectivity index (χ4v) is 2.45. The molecule has 3 nitrogen and oxygen atoms in total. The summed E-state index contributed by atoms with van der Waals surface area (Å²) in [6.45, 7) is 3.88. The van der Waals surface area contributed by atoms with E-state index in [2.05, 4.69) is 28.7 Å². The monoisotopic (exact) mass is 248 g/mol. The Hall–Kier alpha value is -1.39. The highest BCUT2D eigenvalue weighted by Crippen LogP contribution is 2.15. The zero-order valence-corrected chi connectivity index (χ0v) is 10.9. The normalized spacial score (nSPS) is 10.5. The van der Waals surface area contributed by atoms with Crippen LogP contribution in [0.2, 0.25) is 0 Å². The molecular formula is C13H16N2OS. The largest absolute Gasteiger partial charge is 0.481 e. The van der Waals surface area contributed by atoms with Gasteiger partial charge in [-0.1, -0.05) is 0 Å². The van der Waals surface area contributed by atoms with Crippen LogP contribution < -0.4 is 10.1 Å². The summed E-state index contributed by atoms with van der Waals surface area (Å²) in [7, 11) is 1.63. The van der Waals surface area contributed by atoms with Crippen molar-refractivity contribution in [3.63, 3.8) is 0 Å². The molecule has 0 fully saturated rings. The molecule has 2 heterocycles. The fourth-order valence-electron chi connectivity index (χ4n) is 1.58. The molecule has 0 aliphatic carbocycles. The van der Waals surface area contributed by atoms with Crippen molar-refractivity contribution in [2.75, 3.05) is 7.11 Å². The molecule has 0 bridgehead atoms. The predicted octanol–water partition coefficient (Wildman–Crippen LogP) is 2.75. The molecule has 0 aromatic carbocycles. The van der Waals surface area contributed by atoms with Crippen molar-refractivity contribution in [3.8, 4) is 5.88 Å². The Bertz CT molecular complexity index is 482. The van der Waals surface area contributed by atoms with Crippen molar-refractivity contribution in [3.05, 3.63) is 45.8 Å². The number of hydrogen-bond donors (Lipinski definition) is 1. The van der Waals surface area contributed by atoms with Crippen LogP contribution in [0.15, 0.2) is 29.8 Å². The van der Waals surface area contributed by atoms with Crippen molar-refractivity contribution in [2.24, 2.45) is 0 Å². The van der Waals surface area contributed by atoms with Crippen molar-refractivity contribution < 1.29 is 4.74 Å². The van der Waals surface area contributed by atoms with Gasteiger partial charge in [-0.2, -0.15) is 0 Å². The van der Waals surface area contributed by atoms with Crippen molar-refractivity contribution >= 4 is 11.3 Å². The number of thiophene rings is 1. The summed E-state index contributed by atoms with van der Waals surface area (Å²) in [5.41, 5.74) is 2.54. The third-order valence-electron chi connectivity index (χ3n) is 2.59. The fraction of sp³-hybridized carbons (Fsp3) is 0.308. The summed E-state index contributed by atoms with van der Waals surface area (Å²) in [5.74, 6) is 0.664. The standard InChI is InChI=1S/C13H16N2OS/c1-10-4-6-17-12(10)9-14-8-11-3-5-15-13(7-11)16-2/h3-7,14H,8-9H2,1-2H3. The number of rotatable bonds is 5. The van der Waals surface area contributed by atoms with Gasteiger partial charge in [-0.05, 0) is 35.6 Å². The van der Waals surface area contributed by atoms with Gasteiger partial charge in [0.15, 0.2) is 0 Å². The van der Waals surface area contributed by atoms with E-state index < -0.39 is 0 Å². The molecule has 0 saturated carbocycles. The smallest absolute Gasteiger partial charge is 0.213 e. The Balaban J connectivity index is 1.87. The highest BCUT2D eigenvalue weighted by molar-refractivity contribution is 7.10. The van der Waals surface area contributed by atoms with Gasteiger partial charge >= 0.3 is 0 Å². The van der Waals surface area contributed by atoms with Gasteiger partial charge < -0.3 is 10.1 Å². The van der Waals surface area contributed by atoms with E-state index in [4.69, 9.17) is 4.74 Å². The number of hydrogen-bond acceptors (Lipinski definition) is 4. The highest BCUT2D eigenvalue weighted by atomic mass is 32.1. The summed E-state index contributed by atoms with van der Waals surface area (Å²) in [4.78, 5) is 5.48. The average molecular weight is 248 g/mol. The van der Waals surface area contributed by atoms with E-state index in [1.807, 2.05) is 12.1 Å². The van der Waals surface area contributed by atoms with E-state index in [9.17, 15) is 0 Å². The van der Waals surface area contributed by atoms with Gasteiger partial charge in [0, 0.05) is 30.2 Å². The lowest BCUT2D eigenvalue weighted by Crippen LogP contribution is -2.12. The zero-order valence-electron chi connectivity index (χ0n) is 10.1. The van der Waals surface area contributed by atoms with Gasteiger partial charge in [0.05, 0.1) is 7.11 Å². The Kier molecular flexibility index (Phi) is 4.12. The minimum Gasteiger partial charge on any atom is -0.481 e. The second kappa shape index (κ2) is 5.80. The molecule has 0 atom stereocenters. The van der Waals surface area contributed by atoms with Crippen molar-refractivity contribution in [1.82, 2.24) is 10.3 Å². The zero-order chi connectivity index (χ0) is 12.1. The van der Waals surface area contributed by atoms with Gasteiger partial charge in [-0.25, -0.2) is 4.98 Å². The lowest BCUT2D eigenvalue weighted by atomic mass is 10.2. The van der Waals surface area contributed by atoms with Crippen LogP contribution in [-0.4, -0.2) is 12.1 Å². The number of nitrogens with zero attached hydrogens (tertiary/aromatic N) is 1. The number of ether oxygens (including phenoxy) is 1. The maximum atomic E-state index is 5.09. The maximum Gasteiger partial charge on any atom is 0.213 e. The molecule has 2 aromatic rings. The average Bonchev–Trinajstić information content (AvgIpc) is 2.76. The van der Waals surface area contributed by atoms with Crippen molar-refractivity contribution in [1.29, 1.82) is 0 Å². The summed E-state index contributed by atoms with van der Waals surface area (Å²) in [5, 5.41) is 5.55. The molecule has 0 unspecified atom stereocenters. The van der Waals surface area contributed by atoms with Crippen LogP contribution in [0.5, 0.6) is 5.88 Å². The molecule has 0 aliphatic heterocycles. The Labute approximate surface area is 105 Å². The van der Waals surface area contributed by atoms with E-state index in [0.29, 0.717) is 5.88 Å². The summed E-state index contributed by atoms with van der Waals surface area (Å²) < 4.78 is 5.09. The van der Waals surface area contributed by atoms with Gasteiger partial charge in [0.25, 0.3) is 0 Å². The van der Waals surface area contributed by atoms with Crippen LogP contribution in [0.4, 0.5) is 0 Å². The number of methoxy groups -OCH3 is 1. The second-order valence-electron chi connectivity index (χ2n) is 3.84. The molecule has 0 saturated heterocycles. The van der Waals surface area contributed by atoms with Crippen LogP contribution in [0.3, 0.4) is 0 Å². The lowest BCUT2D eigenvalue weighted by molar-refractivity contribution is 0.397. The van der Waals surface area contributed by atoms with E-state index >= 15 is 0 Å². The molecule has 0 radical (unpaired) electrons. The van der Waals surface area contributed by atoms with E-state index in [1.165, 1.54) is 16.0 Å². The molecule has 4 heteroatoms. The van der Waals surface area contributed by atoms with Crippen LogP contribution in [-0.2, 0) is 13.1 Å². The molecule has 2 aromatic heterocycles. The minimum absolute atomic E-state index is 0.664. The van der Waals surface area contributed by atoms with Gasteiger partial charge in [-0.3, -0.25) is 0 Å².